The van der Waals surface area contributed by atoms with Crippen molar-refractivity contribution >= 4 is 11.9 Å². The molecule has 162 valence electrons. The summed E-state index contributed by atoms with van der Waals surface area (Å²) in [4.78, 5) is 26.0. The molecule has 1 heterocycles. The molecule has 1 amide bonds. The number of nitrogens with zero attached hydrogens (tertiary/aromatic N) is 1. The monoisotopic (exact) mass is 402 g/mol. The minimum absolute atomic E-state index is 0.0421. The fourth-order valence-electron chi connectivity index (χ4n) is 4.26. The van der Waals surface area contributed by atoms with Gasteiger partial charge in [0.25, 0.3) is 5.91 Å². The van der Waals surface area contributed by atoms with Gasteiger partial charge >= 0.3 is 5.97 Å². The Kier molecular flexibility index (Phi) is 9.65. The van der Waals surface area contributed by atoms with E-state index in [1.165, 1.54) is 56.9 Å². The van der Waals surface area contributed by atoms with Gasteiger partial charge in [-0.25, -0.2) is 0 Å². The van der Waals surface area contributed by atoms with Crippen molar-refractivity contribution < 1.29 is 14.7 Å². The molecule has 1 atom stereocenters. The Balaban J connectivity index is 1.77. The summed E-state index contributed by atoms with van der Waals surface area (Å²) >= 11 is 0. The van der Waals surface area contributed by atoms with Crippen molar-refractivity contribution in [1.29, 1.82) is 0 Å². The maximum atomic E-state index is 12.7. The molecular formula is C24H38N2O3. The van der Waals surface area contributed by atoms with E-state index in [1.54, 1.807) is 0 Å². The van der Waals surface area contributed by atoms with Crippen LogP contribution in [0.1, 0.15) is 87.1 Å². The van der Waals surface area contributed by atoms with Gasteiger partial charge in [-0.2, -0.15) is 0 Å². The molecule has 1 aliphatic heterocycles. The fraction of sp³-hybridized carbons (Fsp3) is 0.667. The highest BCUT2D eigenvalue weighted by atomic mass is 16.4. The van der Waals surface area contributed by atoms with Crippen molar-refractivity contribution in [2.75, 3.05) is 20.1 Å². The van der Waals surface area contributed by atoms with Crippen molar-refractivity contribution in [3.63, 3.8) is 0 Å². The number of nitrogens with one attached hydrogen (secondary N) is 1. The van der Waals surface area contributed by atoms with Crippen LogP contribution in [0, 0.1) is 0 Å². The number of carboxylic acid groups (broad SMARTS) is 1. The van der Waals surface area contributed by atoms with Crippen LogP contribution in [0.3, 0.4) is 0 Å². The van der Waals surface area contributed by atoms with Gasteiger partial charge in [0.15, 0.2) is 0 Å². The van der Waals surface area contributed by atoms with Crippen molar-refractivity contribution in [1.82, 2.24) is 10.2 Å². The SMILES string of the molecule is CCCCCCCCCCc1ccc(C(=O)NC2(CC(=O)O)CCN(C)C2)cc1. The number of likely N-dealkylation sites (tertiary alicyclic amines) is 1. The zero-order chi connectivity index (χ0) is 21.1. The molecule has 1 aromatic carbocycles. The van der Waals surface area contributed by atoms with Gasteiger partial charge in [-0.05, 0) is 44.0 Å². The van der Waals surface area contributed by atoms with E-state index in [0.717, 1.165) is 13.0 Å². The summed E-state index contributed by atoms with van der Waals surface area (Å²) < 4.78 is 0. The quantitative estimate of drug-likeness (QED) is 0.471. The molecule has 1 aliphatic rings. The minimum atomic E-state index is -0.874. The summed E-state index contributed by atoms with van der Waals surface area (Å²) in [5, 5.41) is 12.3. The molecule has 0 spiro atoms. The van der Waals surface area contributed by atoms with Crippen LogP contribution in [0.5, 0.6) is 0 Å². The average Bonchev–Trinajstić information content (AvgIpc) is 3.03. The number of amides is 1. The van der Waals surface area contributed by atoms with Crippen LogP contribution in [-0.4, -0.2) is 47.6 Å². The lowest BCUT2D eigenvalue weighted by Gasteiger charge is -2.28. The predicted octanol–water partition coefficient (Wildman–Crippen LogP) is 4.65. The first-order valence-corrected chi connectivity index (χ1v) is 11.3. The lowest BCUT2D eigenvalue weighted by molar-refractivity contribution is -0.138. The third-order valence-electron chi connectivity index (χ3n) is 5.95. The van der Waals surface area contributed by atoms with Gasteiger partial charge in [-0.1, -0.05) is 64.0 Å². The fourth-order valence-corrected chi connectivity index (χ4v) is 4.26. The molecule has 2 N–H and O–H groups in total. The number of carbonyl (C=O) groups excluding carboxylic acids is 1. The van der Waals surface area contributed by atoms with E-state index in [4.69, 9.17) is 0 Å². The van der Waals surface area contributed by atoms with Gasteiger partial charge in [0.2, 0.25) is 0 Å². The number of benzene rings is 1. The molecule has 2 rings (SSSR count). The van der Waals surface area contributed by atoms with Gasteiger partial charge in [0.1, 0.15) is 0 Å². The number of rotatable bonds is 13. The van der Waals surface area contributed by atoms with E-state index in [9.17, 15) is 14.7 Å². The Morgan fingerprint density at radius 3 is 2.21 bits per heavy atom. The maximum absolute atomic E-state index is 12.7. The molecule has 5 nitrogen and oxygen atoms in total. The first-order valence-electron chi connectivity index (χ1n) is 11.3. The largest absolute Gasteiger partial charge is 0.481 e. The Morgan fingerprint density at radius 2 is 1.66 bits per heavy atom. The van der Waals surface area contributed by atoms with Crippen LogP contribution in [0.25, 0.3) is 0 Å². The molecule has 1 aromatic rings. The summed E-state index contributed by atoms with van der Waals surface area (Å²) in [5.74, 6) is -1.05. The molecule has 1 saturated heterocycles. The zero-order valence-electron chi connectivity index (χ0n) is 18.2. The van der Waals surface area contributed by atoms with Crippen molar-refractivity contribution in [3.05, 3.63) is 35.4 Å². The number of carbonyl (C=O) groups is 2. The van der Waals surface area contributed by atoms with Crippen LogP contribution in [0.2, 0.25) is 0 Å². The van der Waals surface area contributed by atoms with Gasteiger partial charge in [0, 0.05) is 18.7 Å². The second-order valence-corrected chi connectivity index (χ2v) is 8.71. The van der Waals surface area contributed by atoms with Crippen molar-refractivity contribution in [3.8, 4) is 0 Å². The molecule has 29 heavy (non-hydrogen) atoms. The molecule has 0 aromatic heterocycles. The number of carboxylic acids is 1. The highest BCUT2D eigenvalue weighted by Gasteiger charge is 2.40. The number of hydrogen-bond acceptors (Lipinski definition) is 3. The second kappa shape index (κ2) is 12.0. The molecule has 0 radical (unpaired) electrons. The van der Waals surface area contributed by atoms with E-state index in [2.05, 4.69) is 17.1 Å². The number of likely N-dealkylation sites (N-methyl/N-ethyl adjacent to an activating group) is 1. The highest BCUT2D eigenvalue weighted by molar-refractivity contribution is 5.95. The van der Waals surface area contributed by atoms with Crippen LogP contribution in [0.15, 0.2) is 24.3 Å². The van der Waals surface area contributed by atoms with E-state index < -0.39 is 11.5 Å². The molecule has 1 unspecified atom stereocenters. The van der Waals surface area contributed by atoms with E-state index in [1.807, 2.05) is 31.3 Å². The average molecular weight is 403 g/mol. The predicted molar refractivity (Wildman–Crippen MR) is 117 cm³/mol. The standard InChI is InChI=1S/C24H38N2O3/c1-3-4-5-6-7-8-9-10-11-20-12-14-21(15-13-20)23(29)25-24(18-22(27)28)16-17-26(2)19-24/h12-15H,3-11,16-19H2,1-2H3,(H,25,29)(H,27,28). The Hall–Kier alpha value is -1.88. The molecule has 0 saturated carbocycles. The number of hydrogen-bond donors (Lipinski definition) is 2. The molecular weight excluding hydrogens is 364 g/mol. The highest BCUT2D eigenvalue weighted by Crippen LogP contribution is 2.24. The lowest BCUT2D eigenvalue weighted by atomic mass is 9.93. The Morgan fingerprint density at radius 1 is 1.03 bits per heavy atom. The van der Waals surface area contributed by atoms with Crippen LogP contribution in [0.4, 0.5) is 0 Å². The normalized spacial score (nSPS) is 19.4. The summed E-state index contributed by atoms with van der Waals surface area (Å²) in [6.07, 6.45) is 12.1. The third-order valence-corrected chi connectivity index (χ3v) is 5.95. The summed E-state index contributed by atoms with van der Waals surface area (Å²) in [6.45, 7) is 3.61. The van der Waals surface area contributed by atoms with Gasteiger partial charge in [-0.15, -0.1) is 0 Å². The van der Waals surface area contributed by atoms with Crippen molar-refractivity contribution in [2.45, 2.75) is 83.1 Å². The van der Waals surface area contributed by atoms with Crippen LogP contribution < -0.4 is 5.32 Å². The van der Waals surface area contributed by atoms with Gasteiger partial charge in [0.05, 0.1) is 12.0 Å². The number of unbranched alkanes of at least 4 members (excludes halogenated alkanes) is 7. The first kappa shape index (κ1) is 23.4. The summed E-state index contributed by atoms with van der Waals surface area (Å²) in [6, 6.07) is 7.78. The van der Waals surface area contributed by atoms with E-state index >= 15 is 0 Å². The van der Waals surface area contributed by atoms with Crippen LogP contribution >= 0.6 is 0 Å². The maximum Gasteiger partial charge on any atom is 0.305 e. The third kappa shape index (κ3) is 8.17. The first-order chi connectivity index (χ1) is 13.9. The Bertz CT molecular complexity index is 644. The number of aryl methyl sites for hydroxylation is 1. The second-order valence-electron chi connectivity index (χ2n) is 8.71. The smallest absolute Gasteiger partial charge is 0.305 e. The summed E-state index contributed by atoms with van der Waals surface area (Å²) in [7, 11) is 1.95. The molecule has 5 heteroatoms. The van der Waals surface area contributed by atoms with E-state index in [0.29, 0.717) is 18.5 Å². The van der Waals surface area contributed by atoms with Gasteiger partial charge in [-0.3, -0.25) is 9.59 Å². The number of aliphatic carboxylic acids is 1. The van der Waals surface area contributed by atoms with Crippen molar-refractivity contribution in [2.24, 2.45) is 0 Å². The molecule has 0 aliphatic carbocycles. The topological polar surface area (TPSA) is 69.6 Å². The molecule has 1 fully saturated rings. The van der Waals surface area contributed by atoms with Crippen LogP contribution in [-0.2, 0) is 11.2 Å². The van der Waals surface area contributed by atoms with Gasteiger partial charge < -0.3 is 15.3 Å². The Labute approximate surface area is 175 Å². The zero-order valence-corrected chi connectivity index (χ0v) is 18.2. The van der Waals surface area contributed by atoms with E-state index in [-0.39, 0.29) is 12.3 Å². The lowest BCUT2D eigenvalue weighted by Crippen LogP contribution is -2.51. The molecule has 0 bridgehead atoms. The minimum Gasteiger partial charge on any atom is -0.481 e. The summed E-state index contributed by atoms with van der Waals surface area (Å²) in [5.41, 5.74) is 1.19.